The first-order chi connectivity index (χ1) is 6.84. The summed E-state index contributed by atoms with van der Waals surface area (Å²) in [5.74, 6) is 1.14. The fraction of sp³-hybridized carbons (Fsp3) is 0.900. The summed E-state index contributed by atoms with van der Waals surface area (Å²) < 4.78 is 5.62. The molecule has 2 heterocycles. The molecule has 2 aliphatic heterocycles. The fourth-order valence-electron chi connectivity index (χ4n) is 1.73. The molecule has 0 aromatic heterocycles. The number of hydrogen-bond acceptors (Lipinski definition) is 3. The lowest BCUT2D eigenvalue weighted by molar-refractivity contribution is 0.0225. The molecule has 1 N–H and O–H groups in total. The molecule has 0 aromatic carbocycles. The summed E-state index contributed by atoms with van der Waals surface area (Å²) >= 11 is 1.82. The summed E-state index contributed by atoms with van der Waals surface area (Å²) in [5.41, 5.74) is 0. The standard InChI is InChI=1S/C10H18N2OS/c1-8-7-14-10(12-8)11-6-9-4-2-3-5-13-9/h8-9H,2-7H2,1H3,(H,11,12). The number of hydrogen-bond donors (Lipinski definition) is 1. The second-order valence-corrected chi connectivity index (χ2v) is 5.00. The van der Waals surface area contributed by atoms with E-state index in [9.17, 15) is 0 Å². The van der Waals surface area contributed by atoms with Gasteiger partial charge in [0.2, 0.25) is 0 Å². The van der Waals surface area contributed by atoms with E-state index in [0.29, 0.717) is 12.1 Å². The number of ether oxygens (including phenoxy) is 1. The molecule has 2 saturated heterocycles. The van der Waals surface area contributed by atoms with E-state index in [1.165, 1.54) is 19.3 Å². The number of nitrogens with one attached hydrogen (secondary N) is 1. The van der Waals surface area contributed by atoms with Crippen molar-refractivity contribution in [3.05, 3.63) is 0 Å². The van der Waals surface area contributed by atoms with Crippen molar-refractivity contribution in [2.45, 2.75) is 38.3 Å². The summed E-state index contributed by atoms with van der Waals surface area (Å²) in [4.78, 5) is 4.54. The Bertz CT molecular complexity index is 214. The Morgan fingerprint density at radius 2 is 2.50 bits per heavy atom. The lowest BCUT2D eigenvalue weighted by Gasteiger charge is -2.20. The van der Waals surface area contributed by atoms with Crippen molar-refractivity contribution in [1.29, 1.82) is 0 Å². The number of aliphatic imine (C=N–C) groups is 1. The maximum Gasteiger partial charge on any atom is 0.156 e. The van der Waals surface area contributed by atoms with Crippen molar-refractivity contribution < 1.29 is 4.74 Å². The van der Waals surface area contributed by atoms with Gasteiger partial charge in [0.05, 0.1) is 12.6 Å². The monoisotopic (exact) mass is 214 g/mol. The summed E-state index contributed by atoms with van der Waals surface area (Å²) in [6, 6.07) is 0.575. The topological polar surface area (TPSA) is 33.6 Å². The molecule has 0 saturated carbocycles. The van der Waals surface area contributed by atoms with Crippen LogP contribution in [0.15, 0.2) is 4.99 Å². The third kappa shape index (κ3) is 2.89. The highest BCUT2D eigenvalue weighted by Crippen LogP contribution is 2.16. The molecule has 2 rings (SSSR count). The predicted molar refractivity (Wildman–Crippen MR) is 60.9 cm³/mol. The van der Waals surface area contributed by atoms with Gasteiger partial charge < -0.3 is 10.1 Å². The van der Waals surface area contributed by atoms with Crippen molar-refractivity contribution in [3.63, 3.8) is 0 Å². The highest BCUT2D eigenvalue weighted by Gasteiger charge is 2.17. The van der Waals surface area contributed by atoms with Gasteiger partial charge in [-0.3, -0.25) is 4.99 Å². The Hall–Kier alpha value is -0.220. The number of thioether (sulfide) groups is 1. The highest BCUT2D eigenvalue weighted by molar-refractivity contribution is 8.14. The molecule has 0 aromatic rings. The maximum absolute atomic E-state index is 5.62. The van der Waals surface area contributed by atoms with E-state index in [4.69, 9.17) is 4.74 Å². The molecule has 14 heavy (non-hydrogen) atoms. The first-order valence-corrected chi connectivity index (χ1v) is 6.38. The minimum Gasteiger partial charge on any atom is -0.376 e. The van der Waals surface area contributed by atoms with Crippen LogP contribution >= 0.6 is 11.8 Å². The molecule has 2 atom stereocenters. The van der Waals surface area contributed by atoms with Crippen molar-refractivity contribution in [3.8, 4) is 0 Å². The van der Waals surface area contributed by atoms with E-state index in [-0.39, 0.29) is 0 Å². The minimum absolute atomic E-state index is 0.370. The molecule has 2 fully saturated rings. The third-order valence-electron chi connectivity index (χ3n) is 2.55. The van der Waals surface area contributed by atoms with Crippen molar-refractivity contribution in [2.75, 3.05) is 18.9 Å². The van der Waals surface area contributed by atoms with Crippen LogP contribution in [0.3, 0.4) is 0 Å². The molecule has 80 valence electrons. The third-order valence-corrected chi connectivity index (χ3v) is 3.74. The van der Waals surface area contributed by atoms with E-state index in [1.807, 2.05) is 11.8 Å². The Labute approximate surface area is 89.7 Å². The molecule has 3 nitrogen and oxygen atoms in total. The SMILES string of the molecule is CC1CSC(=NCC2CCCCO2)N1. The molecule has 0 bridgehead atoms. The lowest BCUT2D eigenvalue weighted by Crippen LogP contribution is -2.26. The van der Waals surface area contributed by atoms with Crippen LogP contribution in [-0.4, -0.2) is 36.2 Å². The number of rotatable bonds is 2. The fourth-order valence-corrected chi connectivity index (χ4v) is 2.67. The second kappa shape index (κ2) is 5.03. The van der Waals surface area contributed by atoms with Crippen LogP contribution in [-0.2, 0) is 4.74 Å². The number of nitrogens with zero attached hydrogens (tertiary/aromatic N) is 1. The normalized spacial score (nSPS) is 35.9. The average molecular weight is 214 g/mol. The van der Waals surface area contributed by atoms with E-state index >= 15 is 0 Å². The smallest absolute Gasteiger partial charge is 0.156 e. The molecule has 0 radical (unpaired) electrons. The van der Waals surface area contributed by atoms with Gasteiger partial charge >= 0.3 is 0 Å². The first kappa shape index (κ1) is 10.3. The van der Waals surface area contributed by atoms with Crippen LogP contribution < -0.4 is 5.32 Å². The van der Waals surface area contributed by atoms with Crippen LogP contribution in [0.1, 0.15) is 26.2 Å². The molecule has 4 heteroatoms. The largest absolute Gasteiger partial charge is 0.376 e. The molecular weight excluding hydrogens is 196 g/mol. The quantitative estimate of drug-likeness (QED) is 0.758. The van der Waals surface area contributed by atoms with Crippen LogP contribution in [0.25, 0.3) is 0 Å². The van der Waals surface area contributed by atoms with Crippen LogP contribution in [0.5, 0.6) is 0 Å². The molecular formula is C10H18N2OS. The Morgan fingerprint density at radius 1 is 1.57 bits per heavy atom. The first-order valence-electron chi connectivity index (χ1n) is 5.40. The number of amidine groups is 1. The lowest BCUT2D eigenvalue weighted by atomic mass is 10.1. The summed E-state index contributed by atoms with van der Waals surface area (Å²) in [6.07, 6.45) is 4.06. The zero-order chi connectivity index (χ0) is 9.80. The summed E-state index contributed by atoms with van der Waals surface area (Å²) in [5, 5.41) is 4.45. The van der Waals surface area contributed by atoms with Crippen molar-refractivity contribution in [2.24, 2.45) is 4.99 Å². The zero-order valence-corrected chi connectivity index (χ0v) is 9.48. The summed E-state index contributed by atoms with van der Waals surface area (Å²) in [7, 11) is 0. The van der Waals surface area contributed by atoms with Gasteiger partial charge in [-0.1, -0.05) is 11.8 Å². The van der Waals surface area contributed by atoms with E-state index in [0.717, 1.165) is 24.1 Å². The maximum atomic E-state index is 5.62. The summed E-state index contributed by atoms with van der Waals surface area (Å²) in [6.45, 7) is 3.95. The Kier molecular flexibility index (Phi) is 3.70. The van der Waals surface area contributed by atoms with Gasteiger partial charge in [0.15, 0.2) is 5.17 Å². The van der Waals surface area contributed by atoms with Gasteiger partial charge in [-0.2, -0.15) is 0 Å². The van der Waals surface area contributed by atoms with Gasteiger partial charge in [-0.25, -0.2) is 0 Å². The van der Waals surface area contributed by atoms with Gasteiger partial charge in [-0.15, -0.1) is 0 Å². The van der Waals surface area contributed by atoms with Crippen LogP contribution in [0.2, 0.25) is 0 Å². The average Bonchev–Trinajstić information content (AvgIpc) is 2.63. The minimum atomic E-state index is 0.370. The molecule has 0 spiro atoms. The van der Waals surface area contributed by atoms with Gasteiger partial charge in [0, 0.05) is 18.4 Å². The molecule has 0 aliphatic carbocycles. The molecule has 2 aliphatic rings. The van der Waals surface area contributed by atoms with Crippen LogP contribution in [0, 0.1) is 0 Å². The van der Waals surface area contributed by atoms with E-state index < -0.39 is 0 Å². The van der Waals surface area contributed by atoms with Gasteiger partial charge in [0.25, 0.3) is 0 Å². The van der Waals surface area contributed by atoms with Crippen molar-refractivity contribution in [1.82, 2.24) is 5.32 Å². The second-order valence-electron chi connectivity index (χ2n) is 3.99. The van der Waals surface area contributed by atoms with E-state index in [1.54, 1.807) is 0 Å². The predicted octanol–water partition coefficient (Wildman–Crippen LogP) is 1.64. The zero-order valence-electron chi connectivity index (χ0n) is 8.66. The van der Waals surface area contributed by atoms with Gasteiger partial charge in [0.1, 0.15) is 0 Å². The van der Waals surface area contributed by atoms with E-state index in [2.05, 4.69) is 17.2 Å². The van der Waals surface area contributed by atoms with Gasteiger partial charge in [-0.05, 0) is 26.2 Å². The Morgan fingerprint density at radius 3 is 3.14 bits per heavy atom. The highest BCUT2D eigenvalue weighted by atomic mass is 32.2. The van der Waals surface area contributed by atoms with Crippen LogP contribution in [0.4, 0.5) is 0 Å². The Balaban J connectivity index is 1.74. The molecule has 2 unspecified atom stereocenters. The molecule has 0 amide bonds. The van der Waals surface area contributed by atoms with Crippen molar-refractivity contribution >= 4 is 16.9 Å².